The van der Waals surface area contributed by atoms with Crippen molar-refractivity contribution in [3.05, 3.63) is 48.5 Å². The van der Waals surface area contributed by atoms with E-state index < -0.39 is 0 Å². The van der Waals surface area contributed by atoms with Crippen LogP contribution in [-0.4, -0.2) is 15.9 Å². The predicted molar refractivity (Wildman–Crippen MR) is 81.9 cm³/mol. The summed E-state index contributed by atoms with van der Waals surface area (Å²) in [5.41, 5.74) is 2.71. The van der Waals surface area contributed by atoms with Crippen LogP contribution in [-0.2, 0) is 4.79 Å². The predicted octanol–water partition coefficient (Wildman–Crippen LogP) is 3.00. The van der Waals surface area contributed by atoms with Gasteiger partial charge < -0.3 is 10.6 Å². The van der Waals surface area contributed by atoms with Gasteiger partial charge in [0.25, 0.3) is 0 Å². The monoisotopic (exact) mass is 282 g/mol. The molecule has 1 fully saturated rings. The maximum absolute atomic E-state index is 11.7. The third-order valence-electron chi connectivity index (χ3n) is 3.51. The van der Waals surface area contributed by atoms with Crippen LogP contribution < -0.4 is 10.6 Å². The van der Waals surface area contributed by atoms with Gasteiger partial charge in [0.1, 0.15) is 0 Å². The van der Waals surface area contributed by atoms with Gasteiger partial charge >= 0.3 is 0 Å². The Bertz CT molecular complexity index is 608. The number of rotatable bonds is 5. The molecule has 1 aromatic carbocycles. The molecule has 1 heterocycles. The number of benzene rings is 1. The van der Waals surface area contributed by atoms with Crippen LogP contribution in [0.5, 0.6) is 0 Å². The zero-order valence-electron chi connectivity index (χ0n) is 11.9. The van der Waals surface area contributed by atoms with Gasteiger partial charge in [-0.2, -0.15) is 0 Å². The van der Waals surface area contributed by atoms with Gasteiger partial charge in [0.05, 0.1) is 17.9 Å². The Morgan fingerprint density at radius 1 is 1.19 bits per heavy atom. The van der Waals surface area contributed by atoms with Gasteiger partial charge in [-0.15, -0.1) is 0 Å². The van der Waals surface area contributed by atoms with Crippen molar-refractivity contribution in [2.75, 3.05) is 10.6 Å². The third-order valence-corrected chi connectivity index (χ3v) is 3.51. The Kier molecular flexibility index (Phi) is 3.81. The van der Waals surface area contributed by atoms with Crippen LogP contribution in [0, 0.1) is 5.92 Å². The molecule has 1 aromatic heterocycles. The summed E-state index contributed by atoms with van der Waals surface area (Å²) in [5, 5.41) is 6.29. The number of carbonyl (C=O) groups excluding carboxylic acids is 1. The van der Waals surface area contributed by atoms with E-state index in [2.05, 4.69) is 20.6 Å². The molecular formula is C16H18N4O. The van der Waals surface area contributed by atoms with E-state index in [1.165, 1.54) is 0 Å². The first kappa shape index (κ1) is 13.5. The summed E-state index contributed by atoms with van der Waals surface area (Å²) < 4.78 is 0. The lowest BCUT2D eigenvalue weighted by Gasteiger charge is -2.14. The molecule has 2 aromatic rings. The van der Waals surface area contributed by atoms with E-state index in [1.54, 1.807) is 18.6 Å². The maximum atomic E-state index is 11.7. The molecule has 108 valence electrons. The lowest BCUT2D eigenvalue weighted by atomic mass is 10.2. The van der Waals surface area contributed by atoms with Crippen LogP contribution in [0.15, 0.2) is 42.9 Å². The SMILES string of the molecule is CC(Nc1ccc(NC(=O)C2CC2)cc1)c1cnccn1. The van der Waals surface area contributed by atoms with E-state index in [1.807, 2.05) is 31.2 Å². The van der Waals surface area contributed by atoms with Crippen molar-refractivity contribution in [3.63, 3.8) is 0 Å². The van der Waals surface area contributed by atoms with Crippen LogP contribution in [0.2, 0.25) is 0 Å². The standard InChI is InChI=1S/C16H18N4O/c1-11(15-10-17-8-9-18-15)19-13-4-6-14(7-5-13)20-16(21)12-2-3-12/h4-12,19H,2-3H2,1H3,(H,20,21). The topological polar surface area (TPSA) is 66.9 Å². The normalized spacial score (nSPS) is 15.3. The minimum absolute atomic E-state index is 0.0746. The second kappa shape index (κ2) is 5.91. The molecule has 1 amide bonds. The molecule has 5 heteroatoms. The van der Waals surface area contributed by atoms with Crippen LogP contribution in [0.3, 0.4) is 0 Å². The number of aromatic nitrogens is 2. The highest BCUT2D eigenvalue weighted by molar-refractivity contribution is 5.94. The number of carbonyl (C=O) groups is 1. The molecule has 1 aliphatic rings. The van der Waals surface area contributed by atoms with Gasteiger partial charge in [-0.05, 0) is 44.0 Å². The fourth-order valence-corrected chi connectivity index (χ4v) is 2.10. The van der Waals surface area contributed by atoms with E-state index in [9.17, 15) is 4.79 Å². The van der Waals surface area contributed by atoms with Gasteiger partial charge in [0.15, 0.2) is 0 Å². The summed E-state index contributed by atoms with van der Waals surface area (Å²) in [6, 6.07) is 7.80. The molecule has 0 spiro atoms. The van der Waals surface area contributed by atoms with Crippen molar-refractivity contribution in [2.24, 2.45) is 5.92 Å². The zero-order chi connectivity index (χ0) is 14.7. The molecule has 3 rings (SSSR count). The quantitative estimate of drug-likeness (QED) is 0.884. The van der Waals surface area contributed by atoms with Crippen LogP contribution in [0.4, 0.5) is 11.4 Å². The number of nitrogens with zero attached hydrogens (tertiary/aromatic N) is 2. The summed E-state index contributed by atoms with van der Waals surface area (Å²) in [6.45, 7) is 2.03. The largest absolute Gasteiger partial charge is 0.377 e. The first-order chi connectivity index (χ1) is 10.2. The Morgan fingerprint density at radius 3 is 2.52 bits per heavy atom. The summed E-state index contributed by atoms with van der Waals surface area (Å²) in [5.74, 6) is 0.350. The second-order valence-corrected chi connectivity index (χ2v) is 5.34. The highest BCUT2D eigenvalue weighted by Crippen LogP contribution is 2.30. The molecule has 21 heavy (non-hydrogen) atoms. The summed E-state index contributed by atoms with van der Waals surface area (Å²) in [4.78, 5) is 20.0. The molecule has 1 aliphatic carbocycles. The lowest BCUT2D eigenvalue weighted by Crippen LogP contribution is -2.13. The van der Waals surface area contributed by atoms with E-state index in [0.29, 0.717) is 0 Å². The van der Waals surface area contributed by atoms with E-state index in [-0.39, 0.29) is 17.9 Å². The Labute approximate surface area is 123 Å². The zero-order valence-corrected chi connectivity index (χ0v) is 11.9. The fraction of sp³-hybridized carbons (Fsp3) is 0.312. The molecule has 1 saturated carbocycles. The molecule has 0 radical (unpaired) electrons. The van der Waals surface area contributed by atoms with Gasteiger partial charge in [-0.3, -0.25) is 14.8 Å². The molecular weight excluding hydrogens is 264 g/mol. The average Bonchev–Trinajstić information content (AvgIpc) is 3.35. The maximum Gasteiger partial charge on any atom is 0.227 e. The molecule has 2 N–H and O–H groups in total. The van der Waals surface area contributed by atoms with E-state index in [0.717, 1.165) is 29.9 Å². The Hall–Kier alpha value is -2.43. The Morgan fingerprint density at radius 2 is 1.90 bits per heavy atom. The van der Waals surface area contributed by atoms with Crippen LogP contribution >= 0.6 is 0 Å². The Balaban J connectivity index is 1.60. The number of amides is 1. The van der Waals surface area contributed by atoms with Crippen molar-refractivity contribution >= 4 is 17.3 Å². The number of hydrogen-bond acceptors (Lipinski definition) is 4. The number of nitrogens with one attached hydrogen (secondary N) is 2. The number of anilines is 2. The van der Waals surface area contributed by atoms with Crippen molar-refractivity contribution in [3.8, 4) is 0 Å². The van der Waals surface area contributed by atoms with Gasteiger partial charge in [-0.25, -0.2) is 0 Å². The smallest absolute Gasteiger partial charge is 0.227 e. The van der Waals surface area contributed by atoms with Crippen molar-refractivity contribution in [1.82, 2.24) is 9.97 Å². The van der Waals surface area contributed by atoms with Crippen molar-refractivity contribution in [1.29, 1.82) is 0 Å². The minimum Gasteiger partial charge on any atom is -0.377 e. The summed E-state index contributed by atoms with van der Waals surface area (Å²) >= 11 is 0. The molecule has 0 aliphatic heterocycles. The molecule has 1 atom stereocenters. The van der Waals surface area contributed by atoms with E-state index >= 15 is 0 Å². The average molecular weight is 282 g/mol. The van der Waals surface area contributed by atoms with Crippen LogP contribution in [0.25, 0.3) is 0 Å². The highest BCUT2D eigenvalue weighted by atomic mass is 16.2. The molecule has 0 bridgehead atoms. The van der Waals surface area contributed by atoms with Gasteiger partial charge in [0, 0.05) is 29.7 Å². The third kappa shape index (κ3) is 3.56. The fourth-order valence-electron chi connectivity index (χ4n) is 2.10. The van der Waals surface area contributed by atoms with Gasteiger partial charge in [-0.1, -0.05) is 0 Å². The van der Waals surface area contributed by atoms with Crippen LogP contribution in [0.1, 0.15) is 31.5 Å². The first-order valence-corrected chi connectivity index (χ1v) is 7.16. The molecule has 1 unspecified atom stereocenters. The summed E-state index contributed by atoms with van der Waals surface area (Å²) in [7, 11) is 0. The number of hydrogen-bond donors (Lipinski definition) is 2. The minimum atomic E-state index is 0.0746. The highest BCUT2D eigenvalue weighted by Gasteiger charge is 2.29. The van der Waals surface area contributed by atoms with Crippen molar-refractivity contribution < 1.29 is 4.79 Å². The molecule has 5 nitrogen and oxygen atoms in total. The lowest BCUT2D eigenvalue weighted by molar-refractivity contribution is -0.117. The molecule has 0 saturated heterocycles. The van der Waals surface area contributed by atoms with E-state index in [4.69, 9.17) is 0 Å². The summed E-state index contributed by atoms with van der Waals surface area (Å²) in [6.07, 6.45) is 7.13. The first-order valence-electron chi connectivity index (χ1n) is 7.16. The van der Waals surface area contributed by atoms with Crippen molar-refractivity contribution in [2.45, 2.75) is 25.8 Å². The van der Waals surface area contributed by atoms with Gasteiger partial charge in [0.2, 0.25) is 5.91 Å². The second-order valence-electron chi connectivity index (χ2n) is 5.34.